The highest BCUT2D eigenvalue weighted by Gasteiger charge is 2.20. The van der Waals surface area contributed by atoms with E-state index in [4.69, 9.17) is 16.3 Å². The maximum absolute atomic E-state index is 13.6. The minimum absolute atomic E-state index is 0.0330. The molecule has 0 radical (unpaired) electrons. The van der Waals surface area contributed by atoms with E-state index in [1.54, 1.807) is 54.6 Å². The minimum Gasteiger partial charge on any atom is -0.452 e. The van der Waals surface area contributed by atoms with Crippen LogP contribution in [-0.4, -0.2) is 24.3 Å². The molecule has 152 valence electrons. The molecule has 0 saturated heterocycles. The Morgan fingerprint density at radius 3 is 2.20 bits per heavy atom. The molecule has 3 rings (SSSR count). The lowest BCUT2D eigenvalue weighted by molar-refractivity contribution is -0.124. The number of carbonyl (C=O) groups is 3. The molecule has 0 bridgehead atoms. The highest BCUT2D eigenvalue weighted by Crippen LogP contribution is 2.18. The van der Waals surface area contributed by atoms with Crippen LogP contribution >= 0.6 is 11.6 Å². The Morgan fingerprint density at radius 2 is 1.50 bits per heavy atom. The summed E-state index contributed by atoms with van der Waals surface area (Å²) in [5, 5.41) is 2.97. The number of halogens is 2. The largest absolute Gasteiger partial charge is 0.452 e. The van der Waals surface area contributed by atoms with E-state index in [9.17, 15) is 18.8 Å². The van der Waals surface area contributed by atoms with Crippen molar-refractivity contribution in [1.82, 2.24) is 5.32 Å². The van der Waals surface area contributed by atoms with Gasteiger partial charge in [-0.1, -0.05) is 48.0 Å². The van der Waals surface area contributed by atoms with E-state index in [0.717, 1.165) is 0 Å². The van der Waals surface area contributed by atoms with Crippen LogP contribution in [0.15, 0.2) is 72.8 Å². The molecule has 0 heterocycles. The molecule has 30 heavy (non-hydrogen) atoms. The van der Waals surface area contributed by atoms with Crippen molar-refractivity contribution in [3.63, 3.8) is 0 Å². The van der Waals surface area contributed by atoms with Crippen molar-refractivity contribution in [1.29, 1.82) is 0 Å². The van der Waals surface area contributed by atoms with Gasteiger partial charge in [-0.3, -0.25) is 9.59 Å². The Balaban J connectivity index is 1.63. The van der Waals surface area contributed by atoms with Crippen LogP contribution in [0.1, 0.15) is 31.8 Å². The molecule has 0 atom stereocenters. The van der Waals surface area contributed by atoms with Gasteiger partial charge in [0.15, 0.2) is 12.4 Å². The zero-order valence-corrected chi connectivity index (χ0v) is 16.5. The Labute approximate surface area is 177 Å². The first-order chi connectivity index (χ1) is 14.5. The molecule has 1 N–H and O–H groups in total. The van der Waals surface area contributed by atoms with Gasteiger partial charge in [-0.25, -0.2) is 9.18 Å². The Bertz CT molecular complexity index is 1080. The average Bonchev–Trinajstić information content (AvgIpc) is 2.77. The van der Waals surface area contributed by atoms with E-state index >= 15 is 0 Å². The second kappa shape index (κ2) is 9.80. The molecule has 0 unspecified atom stereocenters. The van der Waals surface area contributed by atoms with Gasteiger partial charge in [-0.2, -0.15) is 0 Å². The van der Waals surface area contributed by atoms with Crippen molar-refractivity contribution >= 4 is 29.3 Å². The van der Waals surface area contributed by atoms with E-state index in [1.807, 2.05) is 0 Å². The molecule has 3 aromatic rings. The van der Waals surface area contributed by atoms with Gasteiger partial charge in [0.1, 0.15) is 5.82 Å². The molecule has 0 aliphatic heterocycles. The molecular weight excluding hydrogens is 409 g/mol. The lowest BCUT2D eigenvalue weighted by atomic mass is 9.98. The highest BCUT2D eigenvalue weighted by atomic mass is 35.5. The fourth-order valence-corrected chi connectivity index (χ4v) is 2.84. The van der Waals surface area contributed by atoms with Crippen LogP contribution in [-0.2, 0) is 16.1 Å². The van der Waals surface area contributed by atoms with Crippen LogP contribution in [0, 0.1) is 5.82 Å². The van der Waals surface area contributed by atoms with Gasteiger partial charge >= 0.3 is 5.97 Å². The number of nitrogens with one attached hydrogen (secondary N) is 1. The molecule has 0 aliphatic carbocycles. The van der Waals surface area contributed by atoms with Crippen molar-refractivity contribution in [2.24, 2.45) is 0 Å². The number of esters is 1. The number of ketones is 1. The van der Waals surface area contributed by atoms with Crippen LogP contribution in [0.2, 0.25) is 5.02 Å². The van der Waals surface area contributed by atoms with E-state index in [0.29, 0.717) is 16.1 Å². The zero-order valence-electron chi connectivity index (χ0n) is 15.7. The number of ether oxygens (including phenoxy) is 1. The van der Waals surface area contributed by atoms with E-state index in [-0.39, 0.29) is 23.5 Å². The highest BCUT2D eigenvalue weighted by molar-refractivity contribution is 6.30. The average molecular weight is 426 g/mol. The van der Waals surface area contributed by atoms with Crippen LogP contribution in [0.3, 0.4) is 0 Å². The number of hydrogen-bond acceptors (Lipinski definition) is 4. The Morgan fingerprint density at radius 1 is 0.867 bits per heavy atom. The standard InChI is InChI=1S/C23H17ClFNO4/c24-17-11-9-15(10-12-17)22(28)18-6-2-3-7-19(18)23(29)30-14-21(27)26-13-16-5-1-4-8-20(16)25/h1-12H,13-14H2,(H,26,27). The number of carbonyl (C=O) groups excluding carboxylic acids is 3. The fourth-order valence-electron chi connectivity index (χ4n) is 2.71. The van der Waals surface area contributed by atoms with Gasteiger partial charge < -0.3 is 10.1 Å². The zero-order chi connectivity index (χ0) is 21.5. The maximum atomic E-state index is 13.6. The monoisotopic (exact) mass is 425 g/mol. The summed E-state index contributed by atoms with van der Waals surface area (Å²) >= 11 is 5.84. The van der Waals surface area contributed by atoms with Crippen molar-refractivity contribution in [2.75, 3.05) is 6.61 Å². The molecule has 7 heteroatoms. The van der Waals surface area contributed by atoms with Gasteiger partial charge in [-0.05, 0) is 36.4 Å². The number of amides is 1. The number of benzene rings is 3. The minimum atomic E-state index is -0.811. The molecular formula is C23H17ClFNO4. The second-order valence-electron chi connectivity index (χ2n) is 6.33. The lowest BCUT2D eigenvalue weighted by Crippen LogP contribution is -2.29. The second-order valence-corrected chi connectivity index (χ2v) is 6.76. The Kier molecular flexibility index (Phi) is 6.93. The first-order valence-electron chi connectivity index (χ1n) is 9.02. The van der Waals surface area contributed by atoms with Gasteiger partial charge in [0.05, 0.1) is 5.56 Å². The third kappa shape index (κ3) is 5.30. The fraction of sp³-hybridized carbons (Fsp3) is 0.0870. The van der Waals surface area contributed by atoms with Gasteiger partial charge in [0.2, 0.25) is 0 Å². The summed E-state index contributed by atoms with van der Waals surface area (Å²) in [6.45, 7) is -0.592. The summed E-state index contributed by atoms with van der Waals surface area (Å²) in [7, 11) is 0. The summed E-state index contributed by atoms with van der Waals surface area (Å²) in [6.07, 6.45) is 0. The maximum Gasteiger partial charge on any atom is 0.339 e. The summed E-state index contributed by atoms with van der Waals surface area (Å²) in [6, 6.07) is 18.5. The smallest absolute Gasteiger partial charge is 0.339 e. The van der Waals surface area contributed by atoms with Crippen molar-refractivity contribution in [2.45, 2.75) is 6.54 Å². The summed E-state index contributed by atoms with van der Waals surface area (Å²) in [5.74, 6) is -2.21. The molecule has 0 aliphatic rings. The first-order valence-corrected chi connectivity index (χ1v) is 9.40. The molecule has 1 amide bonds. The van der Waals surface area contributed by atoms with Crippen LogP contribution < -0.4 is 5.32 Å². The molecule has 0 saturated carbocycles. The molecule has 3 aromatic carbocycles. The van der Waals surface area contributed by atoms with Crippen LogP contribution in [0.4, 0.5) is 4.39 Å². The van der Waals surface area contributed by atoms with Crippen molar-refractivity contribution < 1.29 is 23.5 Å². The third-order valence-electron chi connectivity index (χ3n) is 4.27. The quantitative estimate of drug-likeness (QED) is 0.455. The van der Waals surface area contributed by atoms with Gasteiger partial charge in [0, 0.05) is 28.3 Å². The van der Waals surface area contributed by atoms with Crippen LogP contribution in [0.25, 0.3) is 0 Å². The Hall–Kier alpha value is -3.51. The van der Waals surface area contributed by atoms with Crippen molar-refractivity contribution in [3.05, 3.63) is 106 Å². The molecule has 0 spiro atoms. The predicted molar refractivity (Wildman–Crippen MR) is 110 cm³/mol. The topological polar surface area (TPSA) is 72.5 Å². The van der Waals surface area contributed by atoms with Gasteiger partial charge in [0.25, 0.3) is 5.91 Å². The van der Waals surface area contributed by atoms with Gasteiger partial charge in [-0.15, -0.1) is 0 Å². The third-order valence-corrected chi connectivity index (χ3v) is 4.52. The number of rotatable bonds is 7. The predicted octanol–water partition coefficient (Wildman–Crippen LogP) is 4.18. The van der Waals surface area contributed by atoms with E-state index < -0.39 is 24.3 Å². The molecule has 5 nitrogen and oxygen atoms in total. The van der Waals surface area contributed by atoms with E-state index in [1.165, 1.54) is 18.2 Å². The number of hydrogen-bond donors (Lipinski definition) is 1. The molecule has 0 aromatic heterocycles. The molecule has 0 fully saturated rings. The first kappa shape index (κ1) is 21.2. The van der Waals surface area contributed by atoms with E-state index in [2.05, 4.69) is 5.32 Å². The van der Waals surface area contributed by atoms with Crippen molar-refractivity contribution in [3.8, 4) is 0 Å². The lowest BCUT2D eigenvalue weighted by Gasteiger charge is -2.10. The summed E-state index contributed by atoms with van der Waals surface area (Å²) in [4.78, 5) is 37.1. The van der Waals surface area contributed by atoms with Crippen LogP contribution in [0.5, 0.6) is 0 Å². The normalized spacial score (nSPS) is 10.3. The summed E-state index contributed by atoms with van der Waals surface area (Å²) < 4.78 is 18.6. The summed E-state index contributed by atoms with van der Waals surface area (Å²) in [5.41, 5.74) is 0.870. The SMILES string of the molecule is O=C(COC(=O)c1ccccc1C(=O)c1ccc(Cl)cc1)NCc1ccccc1F.